The molecular weight excluding hydrogens is 1170 g/mol. The maximum atomic E-state index is 8.49. The van der Waals surface area contributed by atoms with Crippen molar-refractivity contribution in [3.05, 3.63) is 180 Å². The van der Waals surface area contributed by atoms with E-state index in [1.54, 1.807) is 12.1 Å². The molecule has 0 N–H and O–H groups in total. The number of hydrogen-bond donors (Lipinski definition) is 0. The van der Waals surface area contributed by atoms with E-state index in [1.165, 1.54) is 46.5 Å². The van der Waals surface area contributed by atoms with Crippen molar-refractivity contribution in [2.75, 3.05) is 0 Å². The van der Waals surface area contributed by atoms with E-state index in [0.29, 0.717) is 0 Å². The number of benzene rings is 3. The number of nitriles is 2. The number of rotatable bonds is 12. The first-order valence-electron chi connectivity index (χ1n) is 19.7. The first-order valence-corrected chi connectivity index (χ1v) is 24.6. The molecule has 30 heteroatoms. The largest absolute Gasteiger partial charge is 2.00 e. The molecule has 3 aromatic carbocycles. The second kappa shape index (κ2) is 37.1. The molecule has 0 unspecified atom stereocenters. The Hall–Kier alpha value is -4.76. The van der Waals surface area contributed by atoms with Crippen LogP contribution in [-0.4, -0.2) is 29.7 Å². The zero-order valence-electron chi connectivity index (χ0n) is 38.3. The molecule has 0 saturated heterocycles. The van der Waals surface area contributed by atoms with Gasteiger partial charge in [0, 0.05) is 77.9 Å². The number of aromatic nitrogens is 4. The predicted molar refractivity (Wildman–Crippen MR) is 207 cm³/mol. The summed E-state index contributed by atoms with van der Waals surface area (Å²) < 4.78 is 136. The van der Waals surface area contributed by atoms with Crippen molar-refractivity contribution in [3.63, 3.8) is 0 Å². The van der Waals surface area contributed by atoms with E-state index in [4.69, 9.17) is 85.1 Å². The number of hydrogen-bond acceptors (Lipinski definition) is 24. The van der Waals surface area contributed by atoms with Crippen LogP contribution in [0.2, 0.25) is 0 Å². The Bertz CT molecular complexity index is 2300. The van der Waals surface area contributed by atoms with Crippen LogP contribution in [0.25, 0.3) is 21.5 Å². The van der Waals surface area contributed by atoms with E-state index in [9.17, 15) is 0 Å². The minimum absolute atomic E-state index is 0. The topological polar surface area (TPSA) is 475 Å². The number of nitrogens with zero attached hydrogens (tertiary/aromatic N) is 8. The first-order chi connectivity index (χ1) is 33.6. The van der Waals surface area contributed by atoms with Gasteiger partial charge < -0.3 is 0 Å². The molecule has 0 aliphatic rings. The normalized spacial score (nSPS) is 10.6. The standard InChI is InChI=1S/C40H36N6.2C2H3N.4ClHO4.2Cu/c1-2-18-36-35(17-1)39(29-45(25-31-13-5-9-21-41-31)26-32-14-6-10-22-42-32)37-19-3-4-20-38(37)40(36)30-46(27-33-15-7-11-23-43-33)28-34-16-8-12-24-44-34;2*1-2-3;4*2-1(3,4)5;;/h1-24H,25-30H2;2*1H3;4*(H,2,3,4,5);;/q;;;;;;;2*+2/p-4. The van der Waals surface area contributed by atoms with Gasteiger partial charge in [0.2, 0.25) is 0 Å². The summed E-state index contributed by atoms with van der Waals surface area (Å²) in [5.74, 6) is 0. The third kappa shape index (κ3) is 37.0. The Morgan fingerprint density at radius 2 is 0.500 bits per heavy atom. The van der Waals surface area contributed by atoms with E-state index in [0.717, 1.165) is 62.0 Å². The van der Waals surface area contributed by atoms with E-state index < -0.39 is 41.0 Å². The van der Waals surface area contributed by atoms with E-state index >= 15 is 0 Å². The van der Waals surface area contributed by atoms with Gasteiger partial charge in [-0.05, 0) is 81.2 Å². The quantitative estimate of drug-likeness (QED) is 0.0810. The molecule has 404 valence electrons. The summed E-state index contributed by atoms with van der Waals surface area (Å²) in [6, 6.07) is 45.8. The second-order valence-electron chi connectivity index (χ2n) is 13.6. The minimum atomic E-state index is -4.94. The third-order valence-electron chi connectivity index (χ3n) is 8.37. The summed E-state index contributed by atoms with van der Waals surface area (Å²) in [5.41, 5.74) is 6.82. The Morgan fingerprint density at radius 1 is 0.338 bits per heavy atom. The molecule has 24 nitrogen and oxygen atoms in total. The summed E-state index contributed by atoms with van der Waals surface area (Å²) >= 11 is 0. The fourth-order valence-corrected chi connectivity index (χ4v) is 6.32. The Balaban J connectivity index is 0. The summed E-state index contributed by atoms with van der Waals surface area (Å²) in [5, 5.41) is 19.7. The molecule has 74 heavy (non-hydrogen) atoms. The molecule has 0 atom stereocenters. The van der Waals surface area contributed by atoms with E-state index in [2.05, 4.69) is 127 Å². The second-order valence-corrected chi connectivity index (χ2v) is 16.6. The molecule has 0 bridgehead atoms. The Labute approximate surface area is 454 Å². The maximum absolute atomic E-state index is 8.49. The first kappa shape index (κ1) is 71.3. The summed E-state index contributed by atoms with van der Waals surface area (Å²) in [6.45, 7) is 7.29. The van der Waals surface area contributed by atoms with Gasteiger partial charge in [-0.2, -0.15) is 10.5 Å². The molecule has 0 saturated carbocycles. The van der Waals surface area contributed by atoms with Gasteiger partial charge in [0.25, 0.3) is 0 Å². The van der Waals surface area contributed by atoms with Crippen molar-refractivity contribution in [2.45, 2.75) is 53.1 Å². The van der Waals surface area contributed by atoms with Gasteiger partial charge in [-0.15, -0.1) is 41.0 Å². The Kier molecular flexibility index (Phi) is 35.7. The van der Waals surface area contributed by atoms with Gasteiger partial charge in [-0.3, -0.25) is 29.7 Å². The molecule has 7 rings (SSSR count). The fourth-order valence-electron chi connectivity index (χ4n) is 6.32. The van der Waals surface area contributed by atoms with Crippen LogP contribution in [0, 0.1) is 63.6 Å². The molecule has 4 aromatic heterocycles. The van der Waals surface area contributed by atoms with Crippen LogP contribution < -0.4 is 74.5 Å². The van der Waals surface area contributed by atoms with Gasteiger partial charge in [0.1, 0.15) is 0 Å². The van der Waals surface area contributed by atoms with Crippen molar-refractivity contribution in [1.82, 2.24) is 29.7 Å². The SMILES string of the molecule is CC#N.CC#N.[Cu+2].[Cu+2].[O-][Cl+3]([O-])([O-])[O-].[O-][Cl+3]([O-])([O-])[O-].[O-][Cl+3]([O-])([O-])[O-].[O-][Cl+3]([O-])([O-])[O-].c1ccc(CN(Cc2ccccn2)Cc2c3ccccc3c(CN(Cc3ccccn3)Cc3ccccn3)c3ccccc23)nc1. The van der Waals surface area contributed by atoms with Crippen LogP contribution in [0.15, 0.2) is 146 Å². The zero-order chi connectivity index (χ0) is 54.4. The van der Waals surface area contributed by atoms with E-state index in [1.807, 2.05) is 49.1 Å². The third-order valence-corrected chi connectivity index (χ3v) is 8.37. The number of fused-ring (bicyclic) bond motifs is 2. The monoisotopic (exact) mass is 1200 g/mol. The summed E-state index contributed by atoms with van der Waals surface area (Å²) in [4.78, 5) is 23.6. The molecule has 0 aliphatic heterocycles. The van der Waals surface area contributed by atoms with Gasteiger partial charge in [-0.1, -0.05) is 72.8 Å². The average Bonchev–Trinajstić information content (AvgIpc) is 3.27. The molecule has 4 heterocycles. The molecule has 0 fully saturated rings. The average molecular weight is 1210 g/mol. The molecule has 0 aliphatic carbocycles. The van der Waals surface area contributed by atoms with Crippen LogP contribution in [0.4, 0.5) is 0 Å². The van der Waals surface area contributed by atoms with Gasteiger partial charge >= 0.3 is 34.1 Å². The van der Waals surface area contributed by atoms with Crippen molar-refractivity contribution in [3.8, 4) is 12.1 Å². The molecular formula is C44H42Cl4Cu2N8O16. The number of pyridine rings is 4. The van der Waals surface area contributed by atoms with Crippen LogP contribution in [-0.2, 0) is 73.4 Å². The minimum Gasteiger partial charge on any atom is -0.287 e. The maximum Gasteiger partial charge on any atom is 2.00 e. The van der Waals surface area contributed by atoms with Gasteiger partial charge in [-0.25, -0.2) is 74.5 Å². The number of halogens is 4. The van der Waals surface area contributed by atoms with Crippen LogP contribution in [0.5, 0.6) is 0 Å². The van der Waals surface area contributed by atoms with Crippen molar-refractivity contribution >= 4 is 21.5 Å². The van der Waals surface area contributed by atoms with Gasteiger partial charge in [0.05, 0.1) is 34.9 Å². The molecule has 2 radical (unpaired) electrons. The van der Waals surface area contributed by atoms with Gasteiger partial charge in [0.15, 0.2) is 0 Å². The molecule has 0 spiro atoms. The van der Waals surface area contributed by atoms with Crippen LogP contribution >= 0.6 is 0 Å². The van der Waals surface area contributed by atoms with Crippen molar-refractivity contribution < 1.29 is 150 Å². The Morgan fingerprint density at radius 3 is 0.649 bits per heavy atom. The smallest absolute Gasteiger partial charge is 0.287 e. The zero-order valence-corrected chi connectivity index (χ0v) is 43.2. The van der Waals surface area contributed by atoms with Crippen molar-refractivity contribution in [1.29, 1.82) is 10.5 Å². The molecule has 7 aromatic rings. The summed E-state index contributed by atoms with van der Waals surface area (Å²) in [7, 11) is -19.8. The van der Waals surface area contributed by atoms with Crippen LogP contribution in [0.1, 0.15) is 47.8 Å². The predicted octanol–water partition coefficient (Wildman–Crippen LogP) is -9.99. The van der Waals surface area contributed by atoms with Crippen LogP contribution in [0.3, 0.4) is 0 Å². The molecule has 0 amide bonds. The fraction of sp³-hybridized carbons (Fsp3) is 0.182. The van der Waals surface area contributed by atoms with Crippen molar-refractivity contribution in [2.24, 2.45) is 0 Å². The summed E-state index contributed by atoms with van der Waals surface area (Å²) in [6.07, 6.45) is 7.48. The van der Waals surface area contributed by atoms with E-state index in [-0.39, 0.29) is 34.1 Å².